The highest BCUT2D eigenvalue weighted by Crippen LogP contribution is 2.31. The van der Waals surface area contributed by atoms with Crippen LogP contribution in [0.15, 0.2) is 46.2 Å². The van der Waals surface area contributed by atoms with Crippen molar-refractivity contribution in [2.45, 2.75) is 48.7 Å². The number of carbonyl (C=O) groups is 1. The van der Waals surface area contributed by atoms with Crippen molar-refractivity contribution in [2.24, 2.45) is 0 Å². The molecule has 0 atom stereocenters. The van der Waals surface area contributed by atoms with E-state index < -0.39 is 0 Å². The average Bonchev–Trinajstić information content (AvgIpc) is 3.16. The third kappa shape index (κ3) is 4.36. The molecule has 0 bridgehead atoms. The van der Waals surface area contributed by atoms with E-state index >= 15 is 0 Å². The predicted molar refractivity (Wildman–Crippen MR) is 106 cm³/mol. The number of amides is 1. The standard InChI is InChI=1S/C18H19N5O2S2/c24-15(10-23-11-21-14-6-9-26-16(14)17(23)25)22-12-2-4-13(5-3-12)27-18-19-7-1-8-20-18/h1,6-9,11-13H,2-5,10H2,(H,22,24). The summed E-state index contributed by atoms with van der Waals surface area (Å²) in [7, 11) is 0. The van der Waals surface area contributed by atoms with Crippen LogP contribution >= 0.6 is 23.1 Å². The molecule has 3 heterocycles. The number of hydrogen-bond acceptors (Lipinski definition) is 7. The number of hydrogen-bond donors (Lipinski definition) is 1. The van der Waals surface area contributed by atoms with Crippen molar-refractivity contribution in [2.75, 3.05) is 0 Å². The van der Waals surface area contributed by atoms with Gasteiger partial charge in [0.2, 0.25) is 5.91 Å². The Balaban J connectivity index is 1.29. The Kier molecular flexibility index (Phi) is 5.49. The first-order valence-corrected chi connectivity index (χ1v) is 10.6. The highest BCUT2D eigenvalue weighted by molar-refractivity contribution is 7.99. The van der Waals surface area contributed by atoms with Gasteiger partial charge in [-0.1, -0.05) is 11.8 Å². The number of thiophene rings is 1. The fraction of sp³-hybridized carbons (Fsp3) is 0.389. The van der Waals surface area contributed by atoms with E-state index in [2.05, 4.69) is 20.3 Å². The van der Waals surface area contributed by atoms with Crippen LogP contribution in [-0.2, 0) is 11.3 Å². The van der Waals surface area contributed by atoms with Gasteiger partial charge in [-0.2, -0.15) is 0 Å². The smallest absolute Gasteiger partial charge is 0.271 e. The summed E-state index contributed by atoms with van der Waals surface area (Å²) < 4.78 is 1.97. The van der Waals surface area contributed by atoms with Crippen LogP contribution in [0, 0.1) is 0 Å². The van der Waals surface area contributed by atoms with Gasteiger partial charge < -0.3 is 5.32 Å². The molecule has 4 rings (SSSR count). The Morgan fingerprint density at radius 1 is 1.22 bits per heavy atom. The van der Waals surface area contributed by atoms with Crippen LogP contribution in [0.4, 0.5) is 0 Å². The lowest BCUT2D eigenvalue weighted by Gasteiger charge is -2.28. The summed E-state index contributed by atoms with van der Waals surface area (Å²) in [4.78, 5) is 37.5. The van der Waals surface area contributed by atoms with Gasteiger partial charge in [0.1, 0.15) is 11.2 Å². The molecule has 0 unspecified atom stereocenters. The molecule has 9 heteroatoms. The zero-order valence-electron chi connectivity index (χ0n) is 14.6. The summed E-state index contributed by atoms with van der Waals surface area (Å²) in [5, 5.41) is 6.18. The number of thioether (sulfide) groups is 1. The van der Waals surface area contributed by atoms with Crippen LogP contribution in [0.5, 0.6) is 0 Å². The first kappa shape index (κ1) is 18.1. The first-order chi connectivity index (χ1) is 13.2. The number of aromatic nitrogens is 4. The zero-order valence-corrected chi connectivity index (χ0v) is 16.2. The minimum atomic E-state index is -0.159. The second-order valence-electron chi connectivity index (χ2n) is 6.50. The fourth-order valence-corrected chi connectivity index (χ4v) is 5.08. The van der Waals surface area contributed by atoms with Gasteiger partial charge in [-0.25, -0.2) is 15.0 Å². The lowest BCUT2D eigenvalue weighted by atomic mass is 9.95. The molecule has 1 saturated carbocycles. The molecule has 0 spiro atoms. The second-order valence-corrected chi connectivity index (χ2v) is 8.69. The van der Waals surface area contributed by atoms with E-state index in [9.17, 15) is 9.59 Å². The monoisotopic (exact) mass is 401 g/mol. The largest absolute Gasteiger partial charge is 0.352 e. The summed E-state index contributed by atoms with van der Waals surface area (Å²) in [6, 6.07) is 3.77. The van der Waals surface area contributed by atoms with E-state index in [4.69, 9.17) is 0 Å². The van der Waals surface area contributed by atoms with Gasteiger partial charge in [-0.3, -0.25) is 14.2 Å². The first-order valence-electron chi connectivity index (χ1n) is 8.85. The molecule has 1 fully saturated rings. The number of fused-ring (bicyclic) bond motifs is 1. The van der Waals surface area contributed by atoms with Crippen LogP contribution in [-0.4, -0.2) is 36.7 Å². The quantitative estimate of drug-likeness (QED) is 0.661. The molecule has 0 aliphatic heterocycles. The molecule has 1 aliphatic rings. The maximum absolute atomic E-state index is 12.4. The van der Waals surface area contributed by atoms with Crippen molar-refractivity contribution in [3.63, 3.8) is 0 Å². The van der Waals surface area contributed by atoms with Crippen molar-refractivity contribution < 1.29 is 4.79 Å². The van der Waals surface area contributed by atoms with Crippen molar-refractivity contribution in [1.29, 1.82) is 0 Å². The molecule has 3 aromatic rings. The molecule has 1 aliphatic carbocycles. The molecule has 0 aromatic carbocycles. The van der Waals surface area contributed by atoms with E-state index in [0.29, 0.717) is 15.5 Å². The Bertz CT molecular complexity index is 980. The van der Waals surface area contributed by atoms with Gasteiger partial charge in [0, 0.05) is 23.7 Å². The van der Waals surface area contributed by atoms with Crippen molar-refractivity contribution in [3.8, 4) is 0 Å². The number of nitrogens with zero attached hydrogens (tertiary/aromatic N) is 4. The molecule has 27 heavy (non-hydrogen) atoms. The number of carbonyl (C=O) groups excluding carboxylic acids is 1. The molecule has 1 amide bonds. The molecule has 0 saturated heterocycles. The molecule has 7 nitrogen and oxygen atoms in total. The summed E-state index contributed by atoms with van der Waals surface area (Å²) in [5.74, 6) is -0.141. The lowest BCUT2D eigenvalue weighted by molar-refractivity contribution is -0.122. The summed E-state index contributed by atoms with van der Waals surface area (Å²) >= 11 is 3.06. The van der Waals surface area contributed by atoms with E-state index in [-0.39, 0.29) is 24.1 Å². The number of rotatable bonds is 5. The van der Waals surface area contributed by atoms with Gasteiger partial charge in [-0.05, 0) is 43.2 Å². The van der Waals surface area contributed by atoms with Crippen LogP contribution < -0.4 is 10.9 Å². The third-order valence-corrected chi connectivity index (χ3v) is 6.72. The maximum atomic E-state index is 12.4. The minimum Gasteiger partial charge on any atom is -0.352 e. The molecular formula is C18H19N5O2S2. The average molecular weight is 402 g/mol. The summed E-state index contributed by atoms with van der Waals surface area (Å²) in [5.41, 5.74) is 0.521. The van der Waals surface area contributed by atoms with Gasteiger partial charge >= 0.3 is 0 Å². The molecule has 140 valence electrons. The van der Waals surface area contributed by atoms with Crippen molar-refractivity contribution in [1.82, 2.24) is 24.8 Å². The van der Waals surface area contributed by atoms with Crippen molar-refractivity contribution >= 4 is 39.2 Å². The van der Waals surface area contributed by atoms with Crippen LogP contribution in [0.25, 0.3) is 10.2 Å². The van der Waals surface area contributed by atoms with E-state index in [1.54, 1.807) is 24.2 Å². The van der Waals surface area contributed by atoms with Crippen LogP contribution in [0.1, 0.15) is 25.7 Å². The van der Waals surface area contributed by atoms with Crippen LogP contribution in [0.2, 0.25) is 0 Å². The van der Waals surface area contributed by atoms with Gasteiger partial charge in [0.25, 0.3) is 5.56 Å². The number of nitrogens with one attached hydrogen (secondary N) is 1. The molecular weight excluding hydrogens is 382 g/mol. The lowest BCUT2D eigenvalue weighted by Crippen LogP contribution is -2.41. The Morgan fingerprint density at radius 2 is 2.00 bits per heavy atom. The van der Waals surface area contributed by atoms with E-state index in [0.717, 1.165) is 30.8 Å². The minimum absolute atomic E-state index is 0.00616. The topological polar surface area (TPSA) is 89.8 Å². The molecule has 0 radical (unpaired) electrons. The van der Waals surface area contributed by atoms with E-state index in [1.165, 1.54) is 22.2 Å². The summed E-state index contributed by atoms with van der Waals surface area (Å²) in [6.07, 6.45) is 8.83. The fourth-order valence-electron chi connectivity index (χ4n) is 3.24. The Hall–Kier alpha value is -2.26. The SMILES string of the molecule is O=C(Cn1cnc2ccsc2c1=O)NC1CCC(Sc2ncccn2)CC1. The van der Waals surface area contributed by atoms with Gasteiger partial charge in [-0.15, -0.1) is 11.3 Å². The molecule has 3 aromatic heterocycles. The van der Waals surface area contributed by atoms with Gasteiger partial charge in [0.05, 0.1) is 11.8 Å². The highest BCUT2D eigenvalue weighted by atomic mass is 32.2. The normalized spacial score (nSPS) is 19.9. The Labute approximate surface area is 164 Å². The maximum Gasteiger partial charge on any atom is 0.271 e. The van der Waals surface area contributed by atoms with Gasteiger partial charge in [0.15, 0.2) is 5.16 Å². The molecule has 1 N–H and O–H groups in total. The second kappa shape index (κ2) is 8.18. The van der Waals surface area contributed by atoms with Crippen molar-refractivity contribution in [3.05, 3.63) is 46.6 Å². The Morgan fingerprint density at radius 3 is 2.78 bits per heavy atom. The zero-order chi connectivity index (χ0) is 18.6. The predicted octanol–water partition coefficient (Wildman–Crippen LogP) is 2.47. The van der Waals surface area contributed by atoms with Crippen LogP contribution in [0.3, 0.4) is 0 Å². The summed E-state index contributed by atoms with van der Waals surface area (Å²) in [6.45, 7) is 0.00616. The third-order valence-electron chi connectivity index (χ3n) is 4.60. The highest BCUT2D eigenvalue weighted by Gasteiger charge is 2.24. The van der Waals surface area contributed by atoms with E-state index in [1.807, 2.05) is 17.5 Å².